The molecule has 4 rings (SSSR count). The molecule has 0 aliphatic heterocycles. The predicted molar refractivity (Wildman–Crippen MR) is 140 cm³/mol. The molecule has 0 aliphatic carbocycles. The Bertz CT molecular complexity index is 1350. The summed E-state index contributed by atoms with van der Waals surface area (Å²) in [5.74, 6) is 2.03. The van der Waals surface area contributed by atoms with Crippen LogP contribution in [0.2, 0.25) is 0 Å². The Hall–Kier alpha value is -4.17. The molecule has 186 valence electrons. The molecular weight excluding hydrogens is 456 g/mol. The number of benzene rings is 3. The monoisotopic (exact) mass is 486 g/mol. The van der Waals surface area contributed by atoms with Gasteiger partial charge in [0.15, 0.2) is 11.5 Å². The van der Waals surface area contributed by atoms with Crippen LogP contribution in [-0.2, 0) is 0 Å². The van der Waals surface area contributed by atoms with Crippen LogP contribution in [-0.4, -0.2) is 55.4 Å². The molecule has 0 spiro atoms. The molecule has 0 radical (unpaired) electrons. The summed E-state index contributed by atoms with van der Waals surface area (Å²) < 4.78 is 16.8. The van der Waals surface area contributed by atoms with Gasteiger partial charge < -0.3 is 24.1 Å². The normalized spacial score (nSPS) is 10.9. The first-order valence-corrected chi connectivity index (χ1v) is 11.6. The van der Waals surface area contributed by atoms with Crippen LogP contribution in [0.15, 0.2) is 65.1 Å². The van der Waals surface area contributed by atoms with E-state index in [0.29, 0.717) is 41.1 Å². The van der Waals surface area contributed by atoms with Crippen molar-refractivity contribution in [2.75, 3.05) is 39.7 Å². The summed E-state index contributed by atoms with van der Waals surface area (Å²) in [6.07, 6.45) is 0. The van der Waals surface area contributed by atoms with Crippen molar-refractivity contribution in [2.24, 2.45) is 0 Å². The number of amides is 1. The molecule has 8 heteroatoms. The minimum Gasteiger partial charge on any atom is -0.493 e. The van der Waals surface area contributed by atoms with Crippen LogP contribution in [0.25, 0.3) is 22.6 Å². The molecule has 0 saturated heterocycles. The highest BCUT2D eigenvalue weighted by atomic mass is 16.5. The number of rotatable bonds is 9. The summed E-state index contributed by atoms with van der Waals surface area (Å²) in [5, 5.41) is 10.9. The lowest BCUT2D eigenvalue weighted by Crippen LogP contribution is -2.19. The molecule has 1 N–H and O–H groups in total. The van der Waals surface area contributed by atoms with E-state index in [2.05, 4.69) is 15.5 Å². The van der Waals surface area contributed by atoms with E-state index in [-0.39, 0.29) is 5.91 Å². The zero-order chi connectivity index (χ0) is 25.7. The SMILES string of the molecule is COc1ccc(NC(=O)c2ccc(-c3ccc(-c4nnc(C)o4)cc3C)cc2)cc1OCCN(C)C. The van der Waals surface area contributed by atoms with Crippen molar-refractivity contribution >= 4 is 11.6 Å². The van der Waals surface area contributed by atoms with E-state index in [0.717, 1.165) is 28.8 Å². The van der Waals surface area contributed by atoms with Crippen molar-refractivity contribution in [3.8, 4) is 34.1 Å². The molecule has 4 aromatic rings. The van der Waals surface area contributed by atoms with Crippen LogP contribution < -0.4 is 14.8 Å². The number of aryl methyl sites for hydroxylation is 2. The maximum absolute atomic E-state index is 12.9. The Balaban J connectivity index is 1.46. The van der Waals surface area contributed by atoms with Gasteiger partial charge in [-0.15, -0.1) is 10.2 Å². The standard InChI is InChI=1S/C28H30N4O4/c1-18-16-22(28-31-30-19(2)36-28)10-12-24(18)20-6-8-21(9-7-20)27(33)29-23-11-13-25(34-5)26(17-23)35-15-14-32(3)4/h6-13,16-17H,14-15H2,1-5H3,(H,29,33). The number of hydrogen-bond donors (Lipinski definition) is 1. The van der Waals surface area contributed by atoms with Crippen LogP contribution in [0.1, 0.15) is 21.8 Å². The smallest absolute Gasteiger partial charge is 0.255 e. The van der Waals surface area contributed by atoms with Crippen molar-refractivity contribution in [3.63, 3.8) is 0 Å². The lowest BCUT2D eigenvalue weighted by molar-refractivity contribution is 0.102. The second-order valence-electron chi connectivity index (χ2n) is 8.70. The van der Waals surface area contributed by atoms with Gasteiger partial charge in [-0.1, -0.05) is 18.2 Å². The number of hydrogen-bond acceptors (Lipinski definition) is 7. The molecule has 8 nitrogen and oxygen atoms in total. The van der Waals surface area contributed by atoms with Crippen LogP contribution >= 0.6 is 0 Å². The Morgan fingerprint density at radius 3 is 2.33 bits per heavy atom. The maximum atomic E-state index is 12.9. The quantitative estimate of drug-likeness (QED) is 0.347. The first-order chi connectivity index (χ1) is 17.3. The van der Waals surface area contributed by atoms with Crippen LogP contribution in [0.4, 0.5) is 5.69 Å². The fourth-order valence-corrected chi connectivity index (χ4v) is 3.74. The van der Waals surface area contributed by atoms with Gasteiger partial charge in [-0.3, -0.25) is 4.79 Å². The van der Waals surface area contributed by atoms with Gasteiger partial charge in [0, 0.05) is 36.3 Å². The van der Waals surface area contributed by atoms with Gasteiger partial charge in [0.2, 0.25) is 11.8 Å². The molecule has 0 unspecified atom stereocenters. The molecule has 3 aromatic carbocycles. The first kappa shape index (κ1) is 24.9. The van der Waals surface area contributed by atoms with E-state index in [1.165, 1.54) is 0 Å². The molecule has 0 fully saturated rings. The fraction of sp³-hybridized carbons (Fsp3) is 0.250. The average molecular weight is 487 g/mol. The number of carbonyl (C=O) groups is 1. The van der Waals surface area contributed by atoms with Gasteiger partial charge in [0.25, 0.3) is 5.91 Å². The summed E-state index contributed by atoms with van der Waals surface area (Å²) in [5.41, 5.74) is 5.21. The van der Waals surface area contributed by atoms with Gasteiger partial charge >= 0.3 is 0 Å². The molecule has 1 heterocycles. The van der Waals surface area contributed by atoms with E-state index >= 15 is 0 Å². The van der Waals surface area contributed by atoms with E-state index in [9.17, 15) is 4.79 Å². The molecule has 36 heavy (non-hydrogen) atoms. The highest BCUT2D eigenvalue weighted by Crippen LogP contribution is 2.31. The van der Waals surface area contributed by atoms with Crippen LogP contribution in [0.5, 0.6) is 11.5 Å². The van der Waals surface area contributed by atoms with E-state index in [4.69, 9.17) is 13.9 Å². The number of methoxy groups -OCH3 is 1. The van der Waals surface area contributed by atoms with Crippen molar-refractivity contribution in [2.45, 2.75) is 13.8 Å². The molecule has 0 atom stereocenters. The number of nitrogens with one attached hydrogen (secondary N) is 1. The lowest BCUT2D eigenvalue weighted by atomic mass is 9.97. The van der Waals surface area contributed by atoms with Gasteiger partial charge in [-0.25, -0.2) is 0 Å². The highest BCUT2D eigenvalue weighted by molar-refractivity contribution is 6.04. The molecule has 1 amide bonds. The molecular formula is C28H30N4O4. The van der Waals surface area contributed by atoms with E-state index in [1.54, 1.807) is 32.2 Å². The summed E-state index contributed by atoms with van der Waals surface area (Å²) in [7, 11) is 5.56. The zero-order valence-electron chi connectivity index (χ0n) is 21.2. The molecule has 0 bridgehead atoms. The average Bonchev–Trinajstić information content (AvgIpc) is 3.30. The van der Waals surface area contributed by atoms with Crippen molar-refractivity contribution in [3.05, 3.63) is 77.7 Å². The van der Waals surface area contributed by atoms with E-state index < -0.39 is 0 Å². The first-order valence-electron chi connectivity index (χ1n) is 11.6. The van der Waals surface area contributed by atoms with Crippen LogP contribution in [0, 0.1) is 13.8 Å². The number of anilines is 1. The molecule has 0 saturated carbocycles. The predicted octanol–water partition coefficient (Wildman–Crippen LogP) is 5.22. The summed E-state index contributed by atoms with van der Waals surface area (Å²) in [6.45, 7) is 5.08. The van der Waals surface area contributed by atoms with Crippen molar-refractivity contribution in [1.82, 2.24) is 15.1 Å². The van der Waals surface area contributed by atoms with Gasteiger partial charge in [-0.2, -0.15) is 0 Å². The number of ether oxygens (including phenoxy) is 2. The summed E-state index contributed by atoms with van der Waals surface area (Å²) >= 11 is 0. The third-order valence-corrected chi connectivity index (χ3v) is 5.68. The summed E-state index contributed by atoms with van der Waals surface area (Å²) in [6, 6.07) is 18.9. The second kappa shape index (κ2) is 11.0. The van der Waals surface area contributed by atoms with Gasteiger partial charge in [0.05, 0.1) is 7.11 Å². The topological polar surface area (TPSA) is 89.7 Å². The van der Waals surface area contributed by atoms with E-state index in [1.807, 2.05) is 68.4 Å². The Kier molecular flexibility index (Phi) is 7.65. The van der Waals surface area contributed by atoms with Gasteiger partial charge in [0.1, 0.15) is 6.61 Å². The number of carbonyl (C=O) groups excluding carboxylic acids is 1. The minimum absolute atomic E-state index is 0.204. The second-order valence-corrected chi connectivity index (χ2v) is 8.70. The van der Waals surface area contributed by atoms with Gasteiger partial charge in [-0.05, 0) is 74.1 Å². The number of aromatic nitrogens is 2. The zero-order valence-corrected chi connectivity index (χ0v) is 21.2. The third kappa shape index (κ3) is 5.90. The van der Waals surface area contributed by atoms with Crippen LogP contribution in [0.3, 0.4) is 0 Å². The largest absolute Gasteiger partial charge is 0.493 e. The lowest BCUT2D eigenvalue weighted by Gasteiger charge is -2.15. The minimum atomic E-state index is -0.204. The molecule has 0 aliphatic rings. The number of likely N-dealkylation sites (N-methyl/N-ethyl adjacent to an activating group) is 1. The highest BCUT2D eigenvalue weighted by Gasteiger charge is 2.12. The Morgan fingerprint density at radius 1 is 0.944 bits per heavy atom. The third-order valence-electron chi connectivity index (χ3n) is 5.68. The molecule has 1 aromatic heterocycles. The van der Waals surface area contributed by atoms with Crippen molar-refractivity contribution < 1.29 is 18.7 Å². The summed E-state index contributed by atoms with van der Waals surface area (Å²) in [4.78, 5) is 14.9. The Labute approximate surface area is 210 Å². The van der Waals surface area contributed by atoms with Crippen molar-refractivity contribution in [1.29, 1.82) is 0 Å². The Morgan fingerprint density at radius 2 is 1.69 bits per heavy atom. The maximum Gasteiger partial charge on any atom is 0.255 e. The fourth-order valence-electron chi connectivity index (χ4n) is 3.74. The number of nitrogens with zero attached hydrogens (tertiary/aromatic N) is 3.